The van der Waals surface area contributed by atoms with Gasteiger partial charge in [0.2, 0.25) is 0 Å². The Bertz CT molecular complexity index is 808. The zero-order chi connectivity index (χ0) is 16.4. The van der Waals surface area contributed by atoms with Crippen molar-refractivity contribution in [3.05, 3.63) is 66.4 Å². The van der Waals surface area contributed by atoms with Crippen LogP contribution < -0.4 is 4.74 Å². The topological polar surface area (TPSA) is 25.0 Å². The van der Waals surface area contributed by atoms with Crippen LogP contribution in [-0.4, -0.2) is 12.1 Å². The van der Waals surface area contributed by atoms with Crippen molar-refractivity contribution in [2.45, 2.75) is 26.2 Å². The van der Waals surface area contributed by atoms with Gasteiger partial charge in [-0.05, 0) is 34.7 Å². The van der Waals surface area contributed by atoms with E-state index in [2.05, 4.69) is 68.4 Å². The summed E-state index contributed by atoms with van der Waals surface area (Å²) in [5, 5.41) is 0. The Morgan fingerprint density at radius 2 is 1.52 bits per heavy atom. The third kappa shape index (κ3) is 3.02. The zero-order valence-corrected chi connectivity index (χ0v) is 14.2. The predicted molar refractivity (Wildman–Crippen MR) is 96.9 cm³/mol. The summed E-state index contributed by atoms with van der Waals surface area (Å²) in [6, 6.07) is 18.9. The minimum absolute atomic E-state index is 0.110. The first-order chi connectivity index (χ1) is 11.0. The number of H-pyrrole nitrogens is 1. The van der Waals surface area contributed by atoms with Crippen LogP contribution in [0.3, 0.4) is 0 Å². The van der Waals surface area contributed by atoms with E-state index in [0.29, 0.717) is 0 Å². The van der Waals surface area contributed by atoms with Gasteiger partial charge in [0.25, 0.3) is 0 Å². The summed E-state index contributed by atoms with van der Waals surface area (Å²) in [6.07, 6.45) is 2.08. The van der Waals surface area contributed by atoms with Crippen molar-refractivity contribution in [2.75, 3.05) is 7.11 Å². The molecule has 0 saturated heterocycles. The standard InChI is InChI=1S/C21H23NO/c1-21(2,3)18-11-7-5-9-16(18)15-13-19(22-14-15)17-10-6-8-12-20(17)23-4/h5-14,22H,1-4H3. The fraction of sp³-hybridized carbons (Fsp3) is 0.238. The number of rotatable bonds is 3. The van der Waals surface area contributed by atoms with Crippen molar-refractivity contribution in [1.82, 2.24) is 4.98 Å². The van der Waals surface area contributed by atoms with E-state index >= 15 is 0 Å². The smallest absolute Gasteiger partial charge is 0.128 e. The van der Waals surface area contributed by atoms with Crippen molar-refractivity contribution in [3.8, 4) is 28.1 Å². The van der Waals surface area contributed by atoms with Crippen LogP contribution in [0.25, 0.3) is 22.4 Å². The number of nitrogens with one attached hydrogen (secondary N) is 1. The molecule has 0 aliphatic rings. The Morgan fingerprint density at radius 3 is 2.22 bits per heavy atom. The lowest BCUT2D eigenvalue weighted by Crippen LogP contribution is -2.12. The molecule has 0 fully saturated rings. The molecule has 1 N–H and O–H groups in total. The van der Waals surface area contributed by atoms with Gasteiger partial charge in [-0.2, -0.15) is 0 Å². The second-order valence-corrected chi connectivity index (χ2v) is 6.80. The molecule has 0 atom stereocenters. The highest BCUT2D eigenvalue weighted by Gasteiger charge is 2.19. The number of aromatic nitrogens is 1. The molecule has 3 rings (SSSR count). The number of benzene rings is 2. The first kappa shape index (κ1) is 15.4. The van der Waals surface area contributed by atoms with Gasteiger partial charge >= 0.3 is 0 Å². The first-order valence-corrected chi connectivity index (χ1v) is 7.92. The number of ether oxygens (including phenoxy) is 1. The van der Waals surface area contributed by atoms with Gasteiger partial charge in [-0.1, -0.05) is 57.2 Å². The van der Waals surface area contributed by atoms with Crippen LogP contribution in [0.15, 0.2) is 60.8 Å². The number of para-hydroxylation sites is 1. The number of methoxy groups -OCH3 is 1. The Morgan fingerprint density at radius 1 is 0.870 bits per heavy atom. The van der Waals surface area contributed by atoms with Crippen molar-refractivity contribution >= 4 is 0 Å². The summed E-state index contributed by atoms with van der Waals surface area (Å²) in [7, 11) is 1.71. The summed E-state index contributed by atoms with van der Waals surface area (Å²) < 4.78 is 5.47. The average Bonchev–Trinajstić information content (AvgIpc) is 3.03. The van der Waals surface area contributed by atoms with Gasteiger partial charge in [-0.3, -0.25) is 0 Å². The number of hydrogen-bond acceptors (Lipinski definition) is 1. The van der Waals surface area contributed by atoms with E-state index in [0.717, 1.165) is 17.0 Å². The largest absolute Gasteiger partial charge is 0.496 e. The third-order valence-electron chi connectivity index (χ3n) is 4.13. The van der Waals surface area contributed by atoms with Crippen LogP contribution in [0.5, 0.6) is 5.75 Å². The monoisotopic (exact) mass is 305 g/mol. The highest BCUT2D eigenvalue weighted by atomic mass is 16.5. The van der Waals surface area contributed by atoms with E-state index in [1.54, 1.807) is 7.11 Å². The van der Waals surface area contributed by atoms with E-state index in [1.165, 1.54) is 16.7 Å². The third-order valence-corrected chi connectivity index (χ3v) is 4.13. The molecule has 2 heteroatoms. The molecule has 0 amide bonds. The highest BCUT2D eigenvalue weighted by molar-refractivity contribution is 5.76. The normalized spacial score (nSPS) is 11.5. The van der Waals surface area contributed by atoms with Crippen LogP contribution >= 0.6 is 0 Å². The number of hydrogen-bond donors (Lipinski definition) is 1. The van der Waals surface area contributed by atoms with Crippen LogP contribution in [0.2, 0.25) is 0 Å². The van der Waals surface area contributed by atoms with E-state index < -0.39 is 0 Å². The Kier molecular flexibility index (Phi) is 3.99. The molecule has 0 spiro atoms. The Balaban J connectivity index is 2.07. The van der Waals surface area contributed by atoms with E-state index in [-0.39, 0.29) is 5.41 Å². The lowest BCUT2D eigenvalue weighted by Gasteiger charge is -2.22. The molecule has 0 aliphatic heterocycles. The van der Waals surface area contributed by atoms with Crippen molar-refractivity contribution in [2.24, 2.45) is 0 Å². The lowest BCUT2D eigenvalue weighted by molar-refractivity contribution is 0.416. The lowest BCUT2D eigenvalue weighted by atomic mass is 9.82. The molecule has 2 aromatic carbocycles. The van der Waals surface area contributed by atoms with Crippen molar-refractivity contribution < 1.29 is 4.74 Å². The summed E-state index contributed by atoms with van der Waals surface area (Å²) >= 11 is 0. The molecular weight excluding hydrogens is 282 g/mol. The highest BCUT2D eigenvalue weighted by Crippen LogP contribution is 2.36. The van der Waals surface area contributed by atoms with Gasteiger partial charge in [0.15, 0.2) is 0 Å². The summed E-state index contributed by atoms with van der Waals surface area (Å²) in [5.74, 6) is 0.880. The maximum atomic E-state index is 5.47. The predicted octanol–water partition coefficient (Wildman–Crippen LogP) is 5.65. The maximum Gasteiger partial charge on any atom is 0.128 e. The molecule has 0 unspecified atom stereocenters. The second-order valence-electron chi connectivity index (χ2n) is 6.80. The second kappa shape index (κ2) is 5.96. The van der Waals surface area contributed by atoms with Crippen molar-refractivity contribution in [3.63, 3.8) is 0 Å². The molecule has 0 radical (unpaired) electrons. The van der Waals surface area contributed by atoms with E-state index in [1.807, 2.05) is 18.2 Å². The van der Waals surface area contributed by atoms with Gasteiger partial charge in [-0.15, -0.1) is 0 Å². The van der Waals surface area contributed by atoms with Crippen LogP contribution in [-0.2, 0) is 5.41 Å². The Labute approximate surface area is 138 Å². The number of aromatic amines is 1. The molecule has 23 heavy (non-hydrogen) atoms. The maximum absolute atomic E-state index is 5.47. The van der Waals surface area contributed by atoms with Gasteiger partial charge < -0.3 is 9.72 Å². The molecule has 0 aliphatic carbocycles. The average molecular weight is 305 g/mol. The molecule has 118 valence electrons. The molecule has 2 nitrogen and oxygen atoms in total. The van der Waals surface area contributed by atoms with Crippen LogP contribution in [0.4, 0.5) is 0 Å². The molecule has 1 heterocycles. The molecule has 0 bridgehead atoms. The quantitative estimate of drug-likeness (QED) is 0.664. The Hall–Kier alpha value is -2.48. The first-order valence-electron chi connectivity index (χ1n) is 7.92. The molecule has 3 aromatic rings. The zero-order valence-electron chi connectivity index (χ0n) is 14.2. The van der Waals surface area contributed by atoms with Crippen LogP contribution in [0.1, 0.15) is 26.3 Å². The molecule has 0 saturated carbocycles. The minimum atomic E-state index is 0.110. The van der Waals surface area contributed by atoms with E-state index in [9.17, 15) is 0 Å². The van der Waals surface area contributed by atoms with Crippen molar-refractivity contribution in [1.29, 1.82) is 0 Å². The van der Waals surface area contributed by atoms with E-state index in [4.69, 9.17) is 4.74 Å². The summed E-state index contributed by atoms with van der Waals surface area (Å²) in [4.78, 5) is 3.39. The SMILES string of the molecule is COc1ccccc1-c1cc(-c2ccccc2C(C)(C)C)c[nH]1. The van der Waals surface area contributed by atoms with Gasteiger partial charge in [0, 0.05) is 23.0 Å². The minimum Gasteiger partial charge on any atom is -0.496 e. The van der Waals surface area contributed by atoms with Gasteiger partial charge in [0.1, 0.15) is 5.75 Å². The van der Waals surface area contributed by atoms with Crippen LogP contribution in [0, 0.1) is 0 Å². The van der Waals surface area contributed by atoms with Gasteiger partial charge in [0.05, 0.1) is 7.11 Å². The fourth-order valence-corrected chi connectivity index (χ4v) is 2.96. The molecular formula is C21H23NO. The fourth-order valence-electron chi connectivity index (χ4n) is 2.96. The summed E-state index contributed by atoms with van der Waals surface area (Å²) in [5.41, 5.74) is 6.09. The summed E-state index contributed by atoms with van der Waals surface area (Å²) in [6.45, 7) is 6.75. The molecule has 1 aromatic heterocycles. The van der Waals surface area contributed by atoms with Gasteiger partial charge in [-0.25, -0.2) is 0 Å².